The van der Waals surface area contributed by atoms with Crippen LogP contribution >= 0.6 is 0 Å². The first-order valence-corrected chi connectivity index (χ1v) is 5.65. The monoisotopic (exact) mass is 206 g/mol. The fraction of sp³-hybridized carbons (Fsp3) is 0.636. The van der Waals surface area contributed by atoms with Gasteiger partial charge in [0.2, 0.25) is 0 Å². The third-order valence-corrected chi connectivity index (χ3v) is 2.80. The van der Waals surface area contributed by atoms with Gasteiger partial charge in [-0.2, -0.15) is 0 Å². The summed E-state index contributed by atoms with van der Waals surface area (Å²) in [4.78, 5) is 10.7. The molecule has 4 nitrogen and oxygen atoms in total. The topological polar surface area (TPSA) is 41.1 Å². The van der Waals surface area contributed by atoms with Gasteiger partial charge in [-0.3, -0.25) is 0 Å². The minimum absolute atomic E-state index is 0.597. The SMILES string of the molecule is CCCN(c1ccncn1)C1CCNC1. The average Bonchev–Trinajstić information content (AvgIpc) is 2.80. The molecule has 2 rings (SSSR count). The predicted molar refractivity (Wildman–Crippen MR) is 60.9 cm³/mol. The van der Waals surface area contributed by atoms with Crippen LogP contribution in [0.3, 0.4) is 0 Å². The summed E-state index contributed by atoms with van der Waals surface area (Å²) in [5, 5.41) is 3.40. The second kappa shape index (κ2) is 5.07. The van der Waals surface area contributed by atoms with E-state index >= 15 is 0 Å². The van der Waals surface area contributed by atoms with Gasteiger partial charge < -0.3 is 10.2 Å². The van der Waals surface area contributed by atoms with E-state index in [1.165, 1.54) is 6.42 Å². The van der Waals surface area contributed by atoms with Crippen LogP contribution in [0.5, 0.6) is 0 Å². The van der Waals surface area contributed by atoms with Crippen molar-refractivity contribution in [2.45, 2.75) is 25.8 Å². The molecule has 15 heavy (non-hydrogen) atoms. The van der Waals surface area contributed by atoms with Crippen molar-refractivity contribution in [3.8, 4) is 0 Å². The highest BCUT2D eigenvalue weighted by atomic mass is 15.2. The number of hydrogen-bond acceptors (Lipinski definition) is 4. The quantitative estimate of drug-likeness (QED) is 0.799. The lowest BCUT2D eigenvalue weighted by molar-refractivity contribution is 0.617. The molecule has 0 radical (unpaired) electrons. The molecular formula is C11H18N4. The summed E-state index contributed by atoms with van der Waals surface area (Å²) >= 11 is 0. The van der Waals surface area contributed by atoms with Crippen LogP contribution < -0.4 is 10.2 Å². The summed E-state index contributed by atoms with van der Waals surface area (Å²) in [6.07, 6.45) is 5.80. The van der Waals surface area contributed by atoms with Crippen LogP contribution in [0.2, 0.25) is 0 Å². The van der Waals surface area contributed by atoms with E-state index in [-0.39, 0.29) is 0 Å². The van der Waals surface area contributed by atoms with Crippen molar-refractivity contribution in [1.29, 1.82) is 0 Å². The number of nitrogens with one attached hydrogen (secondary N) is 1. The van der Waals surface area contributed by atoms with Crippen LogP contribution in [0.25, 0.3) is 0 Å². The van der Waals surface area contributed by atoms with Gasteiger partial charge in [-0.05, 0) is 25.5 Å². The van der Waals surface area contributed by atoms with E-state index in [9.17, 15) is 0 Å². The zero-order valence-corrected chi connectivity index (χ0v) is 9.19. The Balaban J connectivity index is 2.11. The Morgan fingerprint density at radius 3 is 3.13 bits per heavy atom. The number of anilines is 1. The highest BCUT2D eigenvalue weighted by Crippen LogP contribution is 2.17. The third-order valence-electron chi connectivity index (χ3n) is 2.80. The van der Waals surface area contributed by atoms with Crippen molar-refractivity contribution in [2.75, 3.05) is 24.5 Å². The second-order valence-electron chi connectivity index (χ2n) is 3.91. The molecule has 1 saturated heterocycles. The summed E-state index contributed by atoms with van der Waals surface area (Å²) < 4.78 is 0. The Morgan fingerprint density at radius 2 is 2.53 bits per heavy atom. The second-order valence-corrected chi connectivity index (χ2v) is 3.91. The Morgan fingerprint density at radius 1 is 1.60 bits per heavy atom. The molecule has 0 aliphatic carbocycles. The molecule has 1 atom stereocenters. The molecule has 1 aromatic rings. The largest absolute Gasteiger partial charge is 0.352 e. The maximum absolute atomic E-state index is 4.33. The molecule has 1 aliphatic rings. The molecule has 0 spiro atoms. The maximum Gasteiger partial charge on any atom is 0.132 e. The molecule has 4 heteroatoms. The Kier molecular flexibility index (Phi) is 3.50. The Labute approximate surface area is 90.7 Å². The van der Waals surface area contributed by atoms with Crippen molar-refractivity contribution in [1.82, 2.24) is 15.3 Å². The molecule has 1 aromatic heterocycles. The fourth-order valence-electron chi connectivity index (χ4n) is 2.08. The normalized spacial score (nSPS) is 20.5. The number of nitrogens with zero attached hydrogens (tertiary/aromatic N) is 3. The summed E-state index contributed by atoms with van der Waals surface area (Å²) in [7, 11) is 0. The molecule has 0 saturated carbocycles. The van der Waals surface area contributed by atoms with Crippen molar-refractivity contribution in [3.63, 3.8) is 0 Å². The minimum Gasteiger partial charge on any atom is -0.352 e. The van der Waals surface area contributed by atoms with Gasteiger partial charge in [-0.1, -0.05) is 6.92 Å². The molecular weight excluding hydrogens is 188 g/mol. The lowest BCUT2D eigenvalue weighted by Crippen LogP contribution is -2.38. The van der Waals surface area contributed by atoms with Crippen molar-refractivity contribution < 1.29 is 0 Å². The van der Waals surface area contributed by atoms with Crippen molar-refractivity contribution in [2.24, 2.45) is 0 Å². The third kappa shape index (κ3) is 2.45. The highest BCUT2D eigenvalue weighted by Gasteiger charge is 2.22. The first-order valence-electron chi connectivity index (χ1n) is 5.65. The van der Waals surface area contributed by atoms with E-state index in [1.807, 2.05) is 12.3 Å². The molecule has 1 fully saturated rings. The van der Waals surface area contributed by atoms with E-state index in [2.05, 4.69) is 27.1 Å². The van der Waals surface area contributed by atoms with Crippen molar-refractivity contribution >= 4 is 5.82 Å². The van der Waals surface area contributed by atoms with Crippen molar-refractivity contribution in [3.05, 3.63) is 18.6 Å². The highest BCUT2D eigenvalue weighted by molar-refractivity contribution is 5.38. The van der Waals surface area contributed by atoms with Crippen LogP contribution in [-0.4, -0.2) is 35.6 Å². The predicted octanol–water partition coefficient (Wildman–Crippen LogP) is 1.05. The smallest absolute Gasteiger partial charge is 0.132 e. The van der Waals surface area contributed by atoms with Gasteiger partial charge in [0.05, 0.1) is 0 Å². The summed E-state index contributed by atoms with van der Waals surface area (Å²) in [5.41, 5.74) is 0. The Bertz CT molecular complexity index is 282. The zero-order chi connectivity index (χ0) is 10.5. The lowest BCUT2D eigenvalue weighted by atomic mass is 10.2. The number of aromatic nitrogens is 2. The number of hydrogen-bond donors (Lipinski definition) is 1. The minimum atomic E-state index is 0.597. The summed E-state index contributed by atoms with van der Waals surface area (Å²) in [6.45, 7) is 5.47. The maximum atomic E-state index is 4.33. The van der Waals surface area contributed by atoms with Gasteiger partial charge in [0.25, 0.3) is 0 Å². The van der Waals surface area contributed by atoms with Crippen LogP contribution in [0.15, 0.2) is 18.6 Å². The first-order chi connectivity index (χ1) is 7.42. The standard InChI is InChI=1S/C11H18N4/c1-2-7-15(10-3-5-12-8-10)11-4-6-13-9-14-11/h4,6,9-10,12H,2-3,5,7-8H2,1H3. The molecule has 1 N–H and O–H groups in total. The van der Waals surface area contributed by atoms with Gasteiger partial charge in [0, 0.05) is 25.3 Å². The average molecular weight is 206 g/mol. The van der Waals surface area contributed by atoms with Crippen LogP contribution in [0, 0.1) is 0 Å². The van der Waals surface area contributed by atoms with Gasteiger partial charge in [-0.25, -0.2) is 9.97 Å². The number of rotatable bonds is 4. The zero-order valence-electron chi connectivity index (χ0n) is 9.19. The lowest BCUT2D eigenvalue weighted by Gasteiger charge is -2.28. The fourth-order valence-corrected chi connectivity index (χ4v) is 2.08. The molecule has 1 aliphatic heterocycles. The van der Waals surface area contributed by atoms with E-state index in [0.717, 1.165) is 31.9 Å². The van der Waals surface area contributed by atoms with E-state index in [1.54, 1.807) is 6.33 Å². The molecule has 82 valence electrons. The molecule has 0 aromatic carbocycles. The first kappa shape index (κ1) is 10.4. The van der Waals surface area contributed by atoms with E-state index < -0.39 is 0 Å². The molecule has 2 heterocycles. The van der Waals surface area contributed by atoms with Gasteiger partial charge >= 0.3 is 0 Å². The summed E-state index contributed by atoms with van der Waals surface area (Å²) in [6, 6.07) is 2.59. The molecule has 0 amide bonds. The van der Waals surface area contributed by atoms with Crippen LogP contribution in [0.1, 0.15) is 19.8 Å². The Hall–Kier alpha value is -1.16. The van der Waals surface area contributed by atoms with E-state index in [0.29, 0.717) is 6.04 Å². The van der Waals surface area contributed by atoms with Crippen LogP contribution in [-0.2, 0) is 0 Å². The molecule has 0 bridgehead atoms. The van der Waals surface area contributed by atoms with Crippen LogP contribution in [0.4, 0.5) is 5.82 Å². The van der Waals surface area contributed by atoms with Gasteiger partial charge in [-0.15, -0.1) is 0 Å². The summed E-state index contributed by atoms with van der Waals surface area (Å²) in [5.74, 6) is 1.06. The van der Waals surface area contributed by atoms with Gasteiger partial charge in [0.1, 0.15) is 12.1 Å². The molecule has 1 unspecified atom stereocenters. The van der Waals surface area contributed by atoms with E-state index in [4.69, 9.17) is 0 Å². The van der Waals surface area contributed by atoms with Gasteiger partial charge in [0.15, 0.2) is 0 Å².